The van der Waals surface area contributed by atoms with Crippen molar-refractivity contribution in [1.82, 2.24) is 9.97 Å². The lowest BCUT2D eigenvalue weighted by Crippen LogP contribution is -2.06. The quantitative estimate of drug-likeness (QED) is 0.938. The highest BCUT2D eigenvalue weighted by Crippen LogP contribution is 2.22. The minimum Gasteiger partial charge on any atom is -0.369 e. The number of anilines is 1. The van der Waals surface area contributed by atoms with Crippen LogP contribution in [0.3, 0.4) is 0 Å². The highest BCUT2D eigenvalue weighted by Gasteiger charge is 2.01. The Hall–Kier alpha value is -1.13. The van der Waals surface area contributed by atoms with Crippen LogP contribution in [0.4, 0.5) is 5.82 Å². The summed E-state index contributed by atoms with van der Waals surface area (Å²) in [4.78, 5) is 8.27. The zero-order valence-corrected chi connectivity index (χ0v) is 11.4. The van der Waals surface area contributed by atoms with Gasteiger partial charge < -0.3 is 5.32 Å². The van der Waals surface area contributed by atoms with Crippen molar-refractivity contribution in [2.24, 2.45) is 0 Å². The molecule has 0 saturated heterocycles. The molecule has 0 atom stereocenters. The number of nitrogens with one attached hydrogen (secondary N) is 1. The van der Waals surface area contributed by atoms with Gasteiger partial charge >= 0.3 is 0 Å². The lowest BCUT2D eigenvalue weighted by atomic mass is 10.2. The third kappa shape index (κ3) is 3.68. The minimum atomic E-state index is 0.620. The van der Waals surface area contributed by atoms with Crippen LogP contribution in [0.2, 0.25) is 5.02 Å². The van der Waals surface area contributed by atoms with Gasteiger partial charge in [0.05, 0.1) is 9.50 Å². The second-order valence-electron chi connectivity index (χ2n) is 3.52. The average molecular weight is 313 g/mol. The Bertz CT molecular complexity index is 490. The van der Waals surface area contributed by atoms with Crippen LogP contribution in [-0.4, -0.2) is 16.5 Å². The summed E-state index contributed by atoms with van der Waals surface area (Å²) in [6, 6.07) is 5.81. The summed E-state index contributed by atoms with van der Waals surface area (Å²) < 4.78 is 0.871. The van der Waals surface area contributed by atoms with Crippen LogP contribution in [0.5, 0.6) is 0 Å². The number of rotatable bonds is 4. The Labute approximate surface area is 113 Å². The maximum atomic E-state index is 5.82. The number of halogens is 2. The molecule has 0 aromatic carbocycles. The second kappa shape index (κ2) is 5.98. The monoisotopic (exact) mass is 311 g/mol. The zero-order chi connectivity index (χ0) is 12.1. The molecule has 0 spiro atoms. The molecule has 2 heterocycles. The van der Waals surface area contributed by atoms with E-state index in [4.69, 9.17) is 11.6 Å². The molecule has 88 valence electrons. The molecular formula is C12H11BrClN3. The molecule has 3 nitrogen and oxygen atoms in total. The van der Waals surface area contributed by atoms with Gasteiger partial charge in [-0.1, -0.05) is 17.7 Å². The van der Waals surface area contributed by atoms with Gasteiger partial charge in [0.15, 0.2) is 0 Å². The second-order valence-corrected chi connectivity index (χ2v) is 4.81. The number of hydrogen-bond acceptors (Lipinski definition) is 3. The molecular weight excluding hydrogens is 302 g/mol. The first kappa shape index (κ1) is 12.3. The Morgan fingerprint density at radius 1 is 1.35 bits per heavy atom. The van der Waals surface area contributed by atoms with Gasteiger partial charge in [0.2, 0.25) is 0 Å². The first-order chi connectivity index (χ1) is 8.25. The minimum absolute atomic E-state index is 0.620. The van der Waals surface area contributed by atoms with E-state index in [1.165, 1.54) is 5.56 Å². The smallest absolute Gasteiger partial charge is 0.140 e. The van der Waals surface area contributed by atoms with E-state index in [0.29, 0.717) is 5.02 Å². The van der Waals surface area contributed by atoms with Crippen molar-refractivity contribution in [2.45, 2.75) is 6.42 Å². The third-order valence-corrected chi connectivity index (χ3v) is 3.05. The Balaban J connectivity index is 1.90. The lowest BCUT2D eigenvalue weighted by molar-refractivity contribution is 0.992. The SMILES string of the molecule is Clc1cnc(NCCc2cccnc2)c(Br)c1. The van der Waals surface area contributed by atoms with Crippen LogP contribution in [0.25, 0.3) is 0 Å². The van der Waals surface area contributed by atoms with E-state index >= 15 is 0 Å². The molecule has 0 fully saturated rings. The van der Waals surface area contributed by atoms with Gasteiger partial charge in [0.25, 0.3) is 0 Å². The number of aromatic nitrogens is 2. The van der Waals surface area contributed by atoms with Crippen molar-refractivity contribution >= 4 is 33.3 Å². The Kier molecular flexibility index (Phi) is 4.34. The van der Waals surface area contributed by atoms with Crippen molar-refractivity contribution in [3.05, 3.63) is 51.8 Å². The van der Waals surface area contributed by atoms with Gasteiger partial charge in [-0.05, 0) is 40.0 Å². The van der Waals surface area contributed by atoms with Crippen molar-refractivity contribution in [2.75, 3.05) is 11.9 Å². The van der Waals surface area contributed by atoms with Crippen molar-refractivity contribution in [3.63, 3.8) is 0 Å². The van der Waals surface area contributed by atoms with Gasteiger partial charge in [0, 0.05) is 25.1 Å². The van der Waals surface area contributed by atoms with Crippen molar-refractivity contribution in [1.29, 1.82) is 0 Å². The number of nitrogens with zero attached hydrogens (tertiary/aromatic N) is 2. The maximum Gasteiger partial charge on any atom is 0.140 e. The van der Waals surface area contributed by atoms with Crippen LogP contribution < -0.4 is 5.32 Å². The molecule has 0 amide bonds. The van der Waals surface area contributed by atoms with E-state index in [9.17, 15) is 0 Å². The van der Waals surface area contributed by atoms with Crippen molar-refractivity contribution in [3.8, 4) is 0 Å². The first-order valence-corrected chi connectivity index (χ1v) is 6.36. The van der Waals surface area contributed by atoms with E-state index in [0.717, 1.165) is 23.3 Å². The van der Waals surface area contributed by atoms with E-state index in [1.54, 1.807) is 12.4 Å². The molecule has 0 aliphatic heterocycles. The lowest BCUT2D eigenvalue weighted by Gasteiger charge is -2.07. The molecule has 1 N–H and O–H groups in total. The average Bonchev–Trinajstić information content (AvgIpc) is 2.33. The summed E-state index contributed by atoms with van der Waals surface area (Å²) in [6.45, 7) is 0.804. The van der Waals surface area contributed by atoms with E-state index in [2.05, 4.69) is 37.3 Å². The molecule has 2 rings (SSSR count). The highest BCUT2D eigenvalue weighted by molar-refractivity contribution is 9.10. The van der Waals surface area contributed by atoms with Crippen LogP contribution in [0.15, 0.2) is 41.3 Å². The molecule has 0 unspecified atom stereocenters. The fourth-order valence-electron chi connectivity index (χ4n) is 1.42. The fourth-order valence-corrected chi connectivity index (χ4v) is 2.19. The van der Waals surface area contributed by atoms with Gasteiger partial charge in [-0.2, -0.15) is 0 Å². The molecule has 0 aliphatic carbocycles. The summed E-state index contributed by atoms with van der Waals surface area (Å²) in [5, 5.41) is 3.86. The number of hydrogen-bond donors (Lipinski definition) is 1. The Morgan fingerprint density at radius 3 is 2.94 bits per heavy atom. The standard InChI is InChI=1S/C12H11BrClN3/c13-11-6-10(14)8-17-12(11)16-5-3-9-2-1-4-15-7-9/h1-2,4,6-8H,3,5H2,(H,16,17). The largest absolute Gasteiger partial charge is 0.369 e. The van der Waals surface area contributed by atoms with Crippen LogP contribution in [0.1, 0.15) is 5.56 Å². The molecule has 0 radical (unpaired) electrons. The molecule has 0 saturated carbocycles. The van der Waals surface area contributed by atoms with E-state index in [-0.39, 0.29) is 0 Å². The first-order valence-electron chi connectivity index (χ1n) is 5.19. The summed E-state index contributed by atoms with van der Waals surface area (Å²) in [5.74, 6) is 0.804. The Morgan fingerprint density at radius 2 is 2.24 bits per heavy atom. The molecule has 5 heteroatoms. The molecule has 2 aromatic rings. The van der Waals surface area contributed by atoms with Gasteiger partial charge in [-0.25, -0.2) is 4.98 Å². The van der Waals surface area contributed by atoms with Gasteiger partial charge in [-0.15, -0.1) is 0 Å². The highest BCUT2D eigenvalue weighted by atomic mass is 79.9. The fraction of sp³-hybridized carbons (Fsp3) is 0.167. The zero-order valence-electron chi connectivity index (χ0n) is 9.03. The molecule has 2 aromatic heterocycles. The third-order valence-electron chi connectivity index (χ3n) is 2.24. The number of pyridine rings is 2. The van der Waals surface area contributed by atoms with Crippen LogP contribution in [-0.2, 0) is 6.42 Å². The summed E-state index contributed by atoms with van der Waals surface area (Å²) in [7, 11) is 0. The van der Waals surface area contributed by atoms with Crippen molar-refractivity contribution < 1.29 is 0 Å². The van der Waals surface area contributed by atoms with E-state index < -0.39 is 0 Å². The summed E-state index contributed by atoms with van der Waals surface area (Å²) >= 11 is 9.23. The summed E-state index contributed by atoms with van der Waals surface area (Å²) in [5.41, 5.74) is 1.20. The molecule has 0 bridgehead atoms. The van der Waals surface area contributed by atoms with Gasteiger partial charge in [0.1, 0.15) is 5.82 Å². The molecule has 17 heavy (non-hydrogen) atoms. The van der Waals surface area contributed by atoms with Crippen LogP contribution in [0, 0.1) is 0 Å². The van der Waals surface area contributed by atoms with E-state index in [1.807, 2.05) is 18.3 Å². The predicted molar refractivity (Wildman–Crippen MR) is 73.4 cm³/mol. The topological polar surface area (TPSA) is 37.8 Å². The normalized spacial score (nSPS) is 10.2. The van der Waals surface area contributed by atoms with Gasteiger partial charge in [-0.3, -0.25) is 4.98 Å². The predicted octanol–water partition coefficient (Wildman–Crippen LogP) is 3.55. The van der Waals surface area contributed by atoms with Crippen LogP contribution >= 0.6 is 27.5 Å². The molecule has 0 aliphatic rings. The summed E-state index contributed by atoms with van der Waals surface area (Å²) in [6.07, 6.45) is 6.17. The maximum absolute atomic E-state index is 5.82.